The highest BCUT2D eigenvalue weighted by molar-refractivity contribution is 6.33. The number of nitrogens with zero attached hydrogens (tertiary/aromatic N) is 3. The lowest BCUT2D eigenvalue weighted by Crippen LogP contribution is -2.51. The molecule has 2 heterocycles. The second kappa shape index (κ2) is 8.16. The molecule has 6 heteroatoms. The van der Waals surface area contributed by atoms with Gasteiger partial charge in [-0.05, 0) is 117 Å². The van der Waals surface area contributed by atoms with Crippen LogP contribution >= 0.6 is 11.6 Å². The van der Waals surface area contributed by atoms with Gasteiger partial charge in [-0.3, -0.25) is 0 Å². The zero-order chi connectivity index (χ0) is 22.9. The maximum Gasteiger partial charge on any atom is 0.148 e. The third-order valence-electron chi connectivity index (χ3n) is 9.77. The fourth-order valence-corrected chi connectivity index (χ4v) is 9.27. The lowest BCUT2D eigenvalue weighted by molar-refractivity contribution is -0.0672. The third kappa shape index (κ3) is 3.93. The number of benzene rings is 1. The predicted molar refractivity (Wildman–Crippen MR) is 133 cm³/mol. The van der Waals surface area contributed by atoms with Crippen LogP contribution in [0.15, 0.2) is 30.3 Å². The molecule has 0 spiro atoms. The van der Waals surface area contributed by atoms with E-state index < -0.39 is 0 Å². The van der Waals surface area contributed by atoms with Crippen molar-refractivity contribution >= 4 is 17.4 Å². The highest BCUT2D eigenvalue weighted by atomic mass is 35.5. The van der Waals surface area contributed by atoms with Crippen LogP contribution in [0.2, 0.25) is 5.02 Å². The number of fused-ring (bicyclic) bond motifs is 1. The van der Waals surface area contributed by atoms with E-state index in [9.17, 15) is 4.39 Å². The molecular formula is C28H34ClFN4. The van der Waals surface area contributed by atoms with Crippen molar-refractivity contribution in [3.63, 3.8) is 0 Å². The molecule has 6 aliphatic rings. The average molecular weight is 481 g/mol. The monoisotopic (exact) mass is 480 g/mol. The van der Waals surface area contributed by atoms with E-state index in [0.717, 1.165) is 35.4 Å². The fourth-order valence-electron chi connectivity index (χ4n) is 9.06. The smallest absolute Gasteiger partial charge is 0.148 e. The van der Waals surface area contributed by atoms with Crippen LogP contribution < -0.4 is 5.32 Å². The molecule has 1 saturated heterocycles. The number of nitrogens with one attached hydrogen (secondary N) is 1. The summed E-state index contributed by atoms with van der Waals surface area (Å²) < 4.78 is 13.6. The number of likely N-dealkylation sites (tertiary alicyclic amines) is 1. The molecule has 0 unspecified atom stereocenters. The van der Waals surface area contributed by atoms with Crippen LogP contribution in [0.4, 0.5) is 10.2 Å². The van der Waals surface area contributed by atoms with Gasteiger partial charge in [-0.15, -0.1) is 10.2 Å². The Labute approximate surface area is 206 Å². The Morgan fingerprint density at radius 2 is 1.59 bits per heavy atom. The molecule has 5 aliphatic carbocycles. The minimum Gasteiger partial charge on any atom is -0.366 e. The summed E-state index contributed by atoms with van der Waals surface area (Å²) in [6, 6.07) is 8.61. The van der Waals surface area contributed by atoms with E-state index in [4.69, 9.17) is 11.6 Å². The van der Waals surface area contributed by atoms with Gasteiger partial charge < -0.3 is 10.2 Å². The molecule has 6 fully saturated rings. The van der Waals surface area contributed by atoms with Crippen LogP contribution in [0.1, 0.15) is 51.4 Å². The quantitative estimate of drug-likeness (QED) is 0.547. The summed E-state index contributed by atoms with van der Waals surface area (Å²) >= 11 is 6.22. The van der Waals surface area contributed by atoms with Crippen molar-refractivity contribution in [2.24, 2.45) is 35.0 Å². The van der Waals surface area contributed by atoms with Crippen molar-refractivity contribution in [3.8, 4) is 11.3 Å². The van der Waals surface area contributed by atoms with Crippen LogP contribution in [0, 0.1) is 40.8 Å². The highest BCUT2D eigenvalue weighted by Gasteiger charge is 2.52. The molecule has 180 valence electrons. The van der Waals surface area contributed by atoms with Gasteiger partial charge in [0.15, 0.2) is 0 Å². The Bertz CT molecular complexity index is 1020. The zero-order valence-corrected chi connectivity index (χ0v) is 20.5. The van der Waals surface area contributed by atoms with Gasteiger partial charge in [0.25, 0.3) is 0 Å². The molecule has 0 amide bonds. The second-order valence-electron chi connectivity index (χ2n) is 12.4. The third-order valence-corrected chi connectivity index (χ3v) is 10.1. The number of rotatable bonds is 5. The molecule has 0 radical (unpaired) electrons. The lowest BCUT2D eigenvalue weighted by Gasteiger charge is -2.57. The second-order valence-corrected chi connectivity index (χ2v) is 12.8. The van der Waals surface area contributed by atoms with Gasteiger partial charge in [0.1, 0.15) is 11.6 Å². The minimum absolute atomic E-state index is 0.321. The number of hydrogen-bond acceptors (Lipinski definition) is 4. The summed E-state index contributed by atoms with van der Waals surface area (Å²) in [5.41, 5.74) is 1.83. The van der Waals surface area contributed by atoms with Gasteiger partial charge in [0.2, 0.25) is 0 Å². The molecule has 2 aromatic rings. The van der Waals surface area contributed by atoms with Gasteiger partial charge in [-0.25, -0.2) is 4.39 Å². The molecule has 1 aliphatic heterocycles. The normalized spacial score (nSPS) is 38.4. The summed E-state index contributed by atoms with van der Waals surface area (Å²) in [6.07, 6.45) is 11.6. The molecule has 4 nitrogen and oxygen atoms in total. The van der Waals surface area contributed by atoms with Crippen molar-refractivity contribution in [1.29, 1.82) is 0 Å². The van der Waals surface area contributed by atoms with Crippen molar-refractivity contribution in [3.05, 3.63) is 41.2 Å². The Balaban J connectivity index is 0.950. The Kier molecular flexibility index (Phi) is 5.17. The molecule has 1 aromatic heterocycles. The molecule has 1 aromatic carbocycles. The van der Waals surface area contributed by atoms with Gasteiger partial charge in [0.05, 0.1) is 10.7 Å². The lowest BCUT2D eigenvalue weighted by atomic mass is 9.49. The summed E-state index contributed by atoms with van der Waals surface area (Å²) in [5.74, 6) is 5.24. The summed E-state index contributed by atoms with van der Waals surface area (Å²) in [6.45, 7) is 3.94. The number of aromatic nitrogens is 2. The van der Waals surface area contributed by atoms with E-state index in [0.29, 0.717) is 27.7 Å². The maximum atomic E-state index is 13.6. The van der Waals surface area contributed by atoms with Gasteiger partial charge in [0, 0.05) is 31.2 Å². The minimum atomic E-state index is -0.321. The summed E-state index contributed by atoms with van der Waals surface area (Å²) in [4.78, 5) is 2.84. The van der Waals surface area contributed by atoms with Crippen molar-refractivity contribution < 1.29 is 4.39 Å². The maximum absolute atomic E-state index is 13.6. The topological polar surface area (TPSA) is 41.0 Å². The highest BCUT2D eigenvalue weighted by Crippen LogP contribution is 2.60. The predicted octanol–water partition coefficient (Wildman–Crippen LogP) is 6.27. The number of halogens is 2. The van der Waals surface area contributed by atoms with Crippen LogP contribution in [-0.4, -0.2) is 40.8 Å². The average Bonchev–Trinajstić information content (AvgIpc) is 3.32. The standard InChI is InChI=1S/C28H34ClFN4/c29-25-2-1-22(30)10-24(25)26-3-4-27(33-32-26)31-23-8-20-14-34(15-21(20)9-23)16-28-11-17-5-18(12-28)7-19(6-17)13-28/h1-4,10,17-21,23H,5-9,11-16H2,(H,31,33)/t17?,18?,19?,20-,21+,23+,28?. The van der Waals surface area contributed by atoms with Crippen LogP contribution in [0.5, 0.6) is 0 Å². The first-order valence-electron chi connectivity index (χ1n) is 13.3. The van der Waals surface area contributed by atoms with E-state index in [1.165, 1.54) is 83.1 Å². The van der Waals surface area contributed by atoms with Crippen LogP contribution in [0.3, 0.4) is 0 Å². The van der Waals surface area contributed by atoms with Gasteiger partial charge in [-0.1, -0.05) is 11.6 Å². The first-order valence-corrected chi connectivity index (χ1v) is 13.7. The Morgan fingerprint density at radius 3 is 2.21 bits per heavy atom. The first kappa shape index (κ1) is 21.6. The molecule has 8 rings (SSSR count). The zero-order valence-electron chi connectivity index (χ0n) is 19.7. The van der Waals surface area contributed by atoms with E-state index in [2.05, 4.69) is 20.4 Å². The SMILES string of the molecule is Fc1ccc(Cl)c(-c2ccc(N[C@H]3C[C@@H]4CN(CC56CC7CC(CC(C7)C5)C6)C[C@@H]4C3)nn2)c1. The van der Waals surface area contributed by atoms with E-state index in [1.54, 1.807) is 6.07 Å². The number of anilines is 1. The summed E-state index contributed by atoms with van der Waals surface area (Å²) in [7, 11) is 0. The van der Waals surface area contributed by atoms with E-state index >= 15 is 0 Å². The molecule has 4 bridgehead atoms. The van der Waals surface area contributed by atoms with Crippen LogP contribution in [-0.2, 0) is 0 Å². The molecule has 34 heavy (non-hydrogen) atoms. The fraction of sp³-hybridized carbons (Fsp3) is 0.643. The molecule has 1 N–H and O–H groups in total. The largest absolute Gasteiger partial charge is 0.366 e. The van der Waals surface area contributed by atoms with E-state index in [-0.39, 0.29) is 5.82 Å². The molecule has 5 saturated carbocycles. The van der Waals surface area contributed by atoms with Gasteiger partial charge in [-0.2, -0.15) is 0 Å². The number of hydrogen-bond donors (Lipinski definition) is 1. The van der Waals surface area contributed by atoms with Gasteiger partial charge >= 0.3 is 0 Å². The Morgan fingerprint density at radius 1 is 0.912 bits per heavy atom. The van der Waals surface area contributed by atoms with Crippen molar-refractivity contribution in [2.75, 3.05) is 25.0 Å². The van der Waals surface area contributed by atoms with Crippen molar-refractivity contribution in [2.45, 2.75) is 57.4 Å². The molecule has 3 atom stereocenters. The van der Waals surface area contributed by atoms with Crippen LogP contribution in [0.25, 0.3) is 11.3 Å². The molecular weight excluding hydrogens is 447 g/mol. The van der Waals surface area contributed by atoms with Crippen molar-refractivity contribution in [1.82, 2.24) is 15.1 Å². The van der Waals surface area contributed by atoms with E-state index in [1.807, 2.05) is 12.1 Å². The first-order chi connectivity index (χ1) is 16.5. The Hall–Kier alpha value is -1.72. The summed E-state index contributed by atoms with van der Waals surface area (Å²) in [5, 5.41) is 12.8.